The number of benzene rings is 3. The summed E-state index contributed by atoms with van der Waals surface area (Å²) < 4.78 is 5.10. The van der Waals surface area contributed by atoms with Gasteiger partial charge in [-0.1, -0.05) is 36.4 Å². The molecule has 0 bridgehead atoms. The van der Waals surface area contributed by atoms with E-state index in [4.69, 9.17) is 4.74 Å². The van der Waals surface area contributed by atoms with Gasteiger partial charge in [0.1, 0.15) is 5.75 Å². The topological polar surface area (TPSA) is 67.4 Å². The highest BCUT2D eigenvalue weighted by Gasteiger charge is 2.11. The van der Waals surface area contributed by atoms with E-state index in [9.17, 15) is 9.59 Å². The predicted molar refractivity (Wildman–Crippen MR) is 105 cm³/mol. The van der Waals surface area contributed by atoms with Gasteiger partial charge in [-0.05, 0) is 48.0 Å². The number of rotatable bonds is 6. The molecule has 0 radical (unpaired) electrons. The molecule has 5 nitrogen and oxygen atoms in total. The molecule has 3 aromatic carbocycles. The van der Waals surface area contributed by atoms with Gasteiger partial charge >= 0.3 is 0 Å². The fraction of sp³-hybridized carbons (Fsp3) is 0.0909. The lowest BCUT2D eigenvalue weighted by molar-refractivity contribution is 0.0951. The van der Waals surface area contributed by atoms with E-state index < -0.39 is 0 Å². The van der Waals surface area contributed by atoms with E-state index >= 15 is 0 Å². The molecule has 0 aromatic heterocycles. The zero-order valence-corrected chi connectivity index (χ0v) is 14.9. The van der Waals surface area contributed by atoms with Crippen LogP contribution in [0.5, 0.6) is 5.75 Å². The molecule has 0 fully saturated rings. The molecule has 0 aliphatic rings. The van der Waals surface area contributed by atoms with Crippen molar-refractivity contribution in [1.82, 2.24) is 5.32 Å². The van der Waals surface area contributed by atoms with E-state index in [1.54, 1.807) is 55.6 Å². The second kappa shape index (κ2) is 8.67. The molecular formula is C22H20N2O3. The quantitative estimate of drug-likeness (QED) is 0.701. The maximum atomic E-state index is 12.4. The fourth-order valence-electron chi connectivity index (χ4n) is 2.56. The summed E-state index contributed by atoms with van der Waals surface area (Å²) in [6, 6.07) is 23.3. The molecule has 2 N–H and O–H groups in total. The lowest BCUT2D eigenvalue weighted by Gasteiger charge is -2.09. The lowest BCUT2D eigenvalue weighted by Crippen LogP contribution is -2.23. The highest BCUT2D eigenvalue weighted by atomic mass is 16.5. The first-order valence-electron chi connectivity index (χ1n) is 8.53. The maximum Gasteiger partial charge on any atom is 0.255 e. The summed E-state index contributed by atoms with van der Waals surface area (Å²) in [5, 5.41) is 5.67. The van der Waals surface area contributed by atoms with Crippen LogP contribution in [0.15, 0.2) is 78.9 Å². The van der Waals surface area contributed by atoms with Crippen LogP contribution in [-0.4, -0.2) is 18.9 Å². The van der Waals surface area contributed by atoms with Gasteiger partial charge in [0.05, 0.1) is 7.11 Å². The van der Waals surface area contributed by atoms with Crippen molar-refractivity contribution < 1.29 is 14.3 Å². The molecule has 0 saturated carbocycles. The first kappa shape index (κ1) is 18.2. The second-order valence-electron chi connectivity index (χ2n) is 5.93. The number of nitrogens with one attached hydrogen (secondary N) is 2. The van der Waals surface area contributed by atoms with Crippen LogP contribution < -0.4 is 15.4 Å². The van der Waals surface area contributed by atoms with Crippen molar-refractivity contribution in [3.05, 3.63) is 95.6 Å². The van der Waals surface area contributed by atoms with Gasteiger partial charge in [0.25, 0.3) is 11.8 Å². The molecule has 0 aliphatic heterocycles. The van der Waals surface area contributed by atoms with Gasteiger partial charge < -0.3 is 15.4 Å². The van der Waals surface area contributed by atoms with Crippen molar-refractivity contribution in [2.24, 2.45) is 0 Å². The predicted octanol–water partition coefficient (Wildman–Crippen LogP) is 3.88. The van der Waals surface area contributed by atoms with Crippen LogP contribution in [0.4, 0.5) is 5.69 Å². The number of carbonyl (C=O) groups is 2. The molecule has 0 unspecified atom stereocenters. The van der Waals surface area contributed by atoms with Crippen LogP contribution in [0, 0.1) is 0 Å². The van der Waals surface area contributed by atoms with Gasteiger partial charge in [-0.3, -0.25) is 9.59 Å². The van der Waals surface area contributed by atoms with Crippen molar-refractivity contribution in [3.8, 4) is 5.75 Å². The minimum absolute atomic E-state index is 0.224. The number of ether oxygens (including phenoxy) is 1. The van der Waals surface area contributed by atoms with Crippen molar-refractivity contribution in [3.63, 3.8) is 0 Å². The summed E-state index contributed by atoms with van der Waals surface area (Å²) in [7, 11) is 1.59. The van der Waals surface area contributed by atoms with Crippen LogP contribution in [0.1, 0.15) is 26.3 Å². The number of hydrogen-bond donors (Lipinski definition) is 2. The van der Waals surface area contributed by atoms with Crippen LogP contribution in [0.3, 0.4) is 0 Å². The third-order valence-electron chi connectivity index (χ3n) is 4.03. The Morgan fingerprint density at radius 2 is 1.48 bits per heavy atom. The molecule has 0 aliphatic carbocycles. The number of amides is 2. The van der Waals surface area contributed by atoms with E-state index in [1.807, 2.05) is 30.3 Å². The van der Waals surface area contributed by atoms with E-state index in [-0.39, 0.29) is 11.8 Å². The Morgan fingerprint density at radius 1 is 0.815 bits per heavy atom. The normalized spacial score (nSPS) is 10.1. The van der Waals surface area contributed by atoms with Gasteiger partial charge in [0.15, 0.2) is 0 Å². The number of hydrogen-bond acceptors (Lipinski definition) is 3. The molecule has 0 atom stereocenters. The monoisotopic (exact) mass is 360 g/mol. The molecule has 0 spiro atoms. The summed E-state index contributed by atoms with van der Waals surface area (Å²) in [6.07, 6.45) is 0. The molecule has 0 saturated heterocycles. The molecule has 0 heterocycles. The van der Waals surface area contributed by atoms with Gasteiger partial charge in [-0.15, -0.1) is 0 Å². The smallest absolute Gasteiger partial charge is 0.255 e. The Hall–Kier alpha value is -3.60. The average Bonchev–Trinajstić information content (AvgIpc) is 2.73. The Kier molecular flexibility index (Phi) is 5.84. The average molecular weight is 360 g/mol. The van der Waals surface area contributed by atoms with Gasteiger partial charge in [0.2, 0.25) is 0 Å². The molecule has 3 rings (SSSR count). The zero-order valence-electron chi connectivity index (χ0n) is 14.9. The van der Waals surface area contributed by atoms with Crippen molar-refractivity contribution in [2.45, 2.75) is 6.54 Å². The molecular weight excluding hydrogens is 340 g/mol. The van der Waals surface area contributed by atoms with Crippen molar-refractivity contribution in [2.75, 3.05) is 12.4 Å². The van der Waals surface area contributed by atoms with Crippen LogP contribution in [0.2, 0.25) is 0 Å². The van der Waals surface area contributed by atoms with Crippen LogP contribution in [0.25, 0.3) is 0 Å². The Labute approximate surface area is 158 Å². The Morgan fingerprint density at radius 3 is 2.15 bits per heavy atom. The van der Waals surface area contributed by atoms with Crippen molar-refractivity contribution >= 4 is 17.5 Å². The molecule has 2 amide bonds. The van der Waals surface area contributed by atoms with Crippen molar-refractivity contribution in [1.29, 1.82) is 0 Å². The zero-order chi connectivity index (χ0) is 19.1. The molecule has 27 heavy (non-hydrogen) atoms. The highest BCUT2D eigenvalue weighted by Crippen LogP contribution is 2.16. The lowest BCUT2D eigenvalue weighted by atomic mass is 10.1. The van der Waals surface area contributed by atoms with E-state index in [0.717, 1.165) is 5.56 Å². The SMILES string of the molecule is COc1ccc(NC(=O)c2cccc(C(=O)NCc3ccccc3)c2)cc1. The summed E-state index contributed by atoms with van der Waals surface area (Å²) in [6.45, 7) is 0.432. The highest BCUT2D eigenvalue weighted by molar-refractivity contribution is 6.06. The third-order valence-corrected chi connectivity index (χ3v) is 4.03. The fourth-order valence-corrected chi connectivity index (χ4v) is 2.56. The maximum absolute atomic E-state index is 12.4. The van der Waals surface area contributed by atoms with Gasteiger partial charge in [-0.25, -0.2) is 0 Å². The van der Waals surface area contributed by atoms with Gasteiger partial charge in [-0.2, -0.15) is 0 Å². The van der Waals surface area contributed by atoms with Gasteiger partial charge in [0, 0.05) is 23.4 Å². The standard InChI is InChI=1S/C22H20N2O3/c1-27-20-12-10-19(11-13-20)24-22(26)18-9-5-8-17(14-18)21(25)23-15-16-6-3-2-4-7-16/h2-14H,15H2,1H3,(H,23,25)(H,24,26). The molecule has 5 heteroatoms. The second-order valence-corrected chi connectivity index (χ2v) is 5.93. The van der Waals surface area contributed by atoms with E-state index in [2.05, 4.69) is 10.6 Å². The largest absolute Gasteiger partial charge is 0.497 e. The Bertz CT molecular complexity index is 922. The summed E-state index contributed by atoms with van der Waals surface area (Å²) in [5.74, 6) is 0.209. The minimum atomic E-state index is -0.280. The van der Waals surface area contributed by atoms with E-state index in [0.29, 0.717) is 29.1 Å². The first-order valence-corrected chi connectivity index (χ1v) is 8.53. The third kappa shape index (κ3) is 4.95. The Balaban J connectivity index is 1.64. The first-order chi connectivity index (χ1) is 13.2. The summed E-state index contributed by atoms with van der Waals surface area (Å²) in [5.41, 5.74) is 2.52. The minimum Gasteiger partial charge on any atom is -0.497 e. The summed E-state index contributed by atoms with van der Waals surface area (Å²) in [4.78, 5) is 24.8. The van der Waals surface area contributed by atoms with Crippen LogP contribution >= 0.6 is 0 Å². The molecule has 3 aromatic rings. The van der Waals surface area contributed by atoms with Crippen LogP contribution in [-0.2, 0) is 6.54 Å². The summed E-state index contributed by atoms with van der Waals surface area (Å²) >= 11 is 0. The van der Waals surface area contributed by atoms with E-state index in [1.165, 1.54) is 0 Å². The number of methoxy groups -OCH3 is 1. The number of anilines is 1. The molecule has 136 valence electrons. The number of carbonyl (C=O) groups excluding carboxylic acids is 2.